The molecule has 0 fully saturated rings. The fraction of sp³-hybridized carbons (Fsp3) is 0.900. The molecule has 0 N–H and O–H groups in total. The van der Waals surface area contributed by atoms with Crippen LogP contribution in [0.15, 0.2) is 0 Å². The van der Waals surface area contributed by atoms with E-state index in [4.69, 9.17) is 4.74 Å². The first-order chi connectivity index (χ1) is 6.07. The average Bonchev–Trinajstić information content (AvgIpc) is 2.08. The Bertz CT molecular complexity index is 121. The van der Waals surface area contributed by atoms with Crippen molar-refractivity contribution in [1.29, 1.82) is 0 Å². The number of hydrogen-bond donors (Lipinski definition) is 0. The van der Waals surface area contributed by atoms with E-state index < -0.39 is 6.16 Å². The van der Waals surface area contributed by atoms with Crippen LogP contribution in [0, 0.1) is 5.92 Å². The van der Waals surface area contributed by atoms with Gasteiger partial charge in [0.15, 0.2) is 0 Å². The molecular formula is C10H22O3. The first kappa shape index (κ1) is 14.8. The van der Waals surface area contributed by atoms with E-state index >= 15 is 0 Å². The molecule has 13 heavy (non-hydrogen) atoms. The van der Waals surface area contributed by atoms with E-state index in [-0.39, 0.29) is 6.10 Å². The molecule has 80 valence electrons. The fourth-order valence-corrected chi connectivity index (χ4v) is 0.440. The second-order valence-electron chi connectivity index (χ2n) is 2.75. The molecule has 0 spiro atoms. The summed E-state index contributed by atoms with van der Waals surface area (Å²) in [6.45, 7) is 11.9. The van der Waals surface area contributed by atoms with Crippen molar-refractivity contribution in [2.24, 2.45) is 5.92 Å². The summed E-state index contributed by atoms with van der Waals surface area (Å²) >= 11 is 0. The van der Waals surface area contributed by atoms with Crippen LogP contribution in [-0.2, 0) is 9.47 Å². The number of rotatable bonds is 3. The monoisotopic (exact) mass is 190 g/mol. The molecule has 3 nitrogen and oxygen atoms in total. The van der Waals surface area contributed by atoms with Crippen LogP contribution < -0.4 is 0 Å². The molecule has 0 amide bonds. The normalized spacial score (nSPS) is 11.3. The predicted molar refractivity (Wildman–Crippen MR) is 53.8 cm³/mol. The van der Waals surface area contributed by atoms with Crippen LogP contribution in [-0.4, -0.2) is 18.9 Å². The lowest BCUT2D eigenvalue weighted by Gasteiger charge is -2.15. The Hall–Kier alpha value is -0.730. The molecule has 0 heterocycles. The van der Waals surface area contributed by atoms with Crippen LogP contribution in [0.4, 0.5) is 4.79 Å². The van der Waals surface area contributed by atoms with Crippen LogP contribution in [0.5, 0.6) is 0 Å². The smallest absolute Gasteiger partial charge is 0.435 e. The predicted octanol–water partition coefficient (Wildman–Crippen LogP) is 3.23. The van der Waals surface area contributed by atoms with Crippen molar-refractivity contribution in [2.45, 2.75) is 47.6 Å². The van der Waals surface area contributed by atoms with Gasteiger partial charge >= 0.3 is 6.16 Å². The Morgan fingerprint density at radius 1 is 1.23 bits per heavy atom. The van der Waals surface area contributed by atoms with Crippen molar-refractivity contribution in [3.63, 3.8) is 0 Å². The number of carbonyl (C=O) groups excluding carboxylic acids is 1. The van der Waals surface area contributed by atoms with E-state index in [0.29, 0.717) is 12.5 Å². The molecule has 0 aliphatic heterocycles. The molecule has 1 unspecified atom stereocenters. The highest BCUT2D eigenvalue weighted by Gasteiger charge is 2.12. The van der Waals surface area contributed by atoms with Crippen LogP contribution >= 0.6 is 0 Å². The van der Waals surface area contributed by atoms with E-state index in [1.807, 2.05) is 34.6 Å². The van der Waals surface area contributed by atoms with Crippen LogP contribution in [0.3, 0.4) is 0 Å². The Kier molecular flexibility index (Phi) is 10.6. The minimum Gasteiger partial charge on any atom is -0.435 e. The van der Waals surface area contributed by atoms with Crippen molar-refractivity contribution in [3.05, 3.63) is 0 Å². The highest BCUT2D eigenvalue weighted by Crippen LogP contribution is 2.05. The van der Waals surface area contributed by atoms with Crippen LogP contribution in [0.2, 0.25) is 0 Å². The van der Waals surface area contributed by atoms with E-state index in [2.05, 4.69) is 4.74 Å². The van der Waals surface area contributed by atoms with Gasteiger partial charge in [-0.25, -0.2) is 4.79 Å². The number of ether oxygens (including phenoxy) is 2. The third-order valence-electron chi connectivity index (χ3n) is 1.48. The fourth-order valence-electron chi connectivity index (χ4n) is 0.440. The van der Waals surface area contributed by atoms with E-state index in [9.17, 15) is 4.79 Å². The molecule has 0 saturated carbocycles. The standard InChI is InChI=1S/C8H16O3.C2H6/c1-5-10-8(9)11-7(4)6(2)3;1-2/h6-7H,5H2,1-4H3;1-2H3. The van der Waals surface area contributed by atoms with Crippen molar-refractivity contribution < 1.29 is 14.3 Å². The maximum atomic E-state index is 10.7. The van der Waals surface area contributed by atoms with Gasteiger partial charge in [0, 0.05) is 0 Å². The largest absolute Gasteiger partial charge is 0.508 e. The Morgan fingerprint density at radius 2 is 1.69 bits per heavy atom. The zero-order valence-electron chi connectivity index (χ0n) is 9.59. The lowest BCUT2D eigenvalue weighted by Crippen LogP contribution is -2.20. The number of carbonyl (C=O) groups is 1. The molecule has 0 aromatic carbocycles. The number of hydrogen-bond acceptors (Lipinski definition) is 3. The third-order valence-corrected chi connectivity index (χ3v) is 1.48. The molecule has 0 radical (unpaired) electrons. The molecule has 0 aromatic rings. The topological polar surface area (TPSA) is 35.5 Å². The summed E-state index contributed by atoms with van der Waals surface area (Å²) in [7, 11) is 0. The van der Waals surface area contributed by atoms with E-state index in [0.717, 1.165) is 0 Å². The summed E-state index contributed by atoms with van der Waals surface area (Å²) in [6.07, 6.45) is -0.650. The minimum absolute atomic E-state index is 0.0750. The SMILES string of the molecule is CC.CCOC(=O)OC(C)C(C)C. The molecule has 0 aliphatic rings. The molecule has 0 aromatic heterocycles. The van der Waals surface area contributed by atoms with Crippen molar-refractivity contribution in [1.82, 2.24) is 0 Å². The van der Waals surface area contributed by atoms with Gasteiger partial charge in [-0.1, -0.05) is 27.7 Å². The second kappa shape index (κ2) is 9.36. The Labute approximate surface area is 81.4 Å². The van der Waals surface area contributed by atoms with Gasteiger partial charge < -0.3 is 9.47 Å². The summed E-state index contributed by atoms with van der Waals surface area (Å²) in [4.78, 5) is 10.7. The summed E-state index contributed by atoms with van der Waals surface area (Å²) in [6, 6.07) is 0. The molecule has 0 bridgehead atoms. The minimum atomic E-state index is -0.575. The van der Waals surface area contributed by atoms with Crippen molar-refractivity contribution in [3.8, 4) is 0 Å². The van der Waals surface area contributed by atoms with E-state index in [1.54, 1.807) is 6.92 Å². The first-order valence-corrected chi connectivity index (χ1v) is 4.91. The summed E-state index contributed by atoms with van der Waals surface area (Å²) in [5, 5.41) is 0. The van der Waals surface area contributed by atoms with Gasteiger partial charge in [-0.05, 0) is 19.8 Å². The highest BCUT2D eigenvalue weighted by atomic mass is 16.7. The maximum Gasteiger partial charge on any atom is 0.508 e. The zero-order chi connectivity index (χ0) is 10.9. The quantitative estimate of drug-likeness (QED) is 0.641. The van der Waals surface area contributed by atoms with Gasteiger partial charge in [-0.3, -0.25) is 0 Å². The third kappa shape index (κ3) is 9.18. The molecule has 0 rings (SSSR count). The molecule has 0 aliphatic carbocycles. The average molecular weight is 190 g/mol. The first-order valence-electron chi connectivity index (χ1n) is 4.91. The van der Waals surface area contributed by atoms with Gasteiger partial charge in [-0.15, -0.1) is 0 Å². The van der Waals surface area contributed by atoms with E-state index in [1.165, 1.54) is 0 Å². The van der Waals surface area contributed by atoms with Crippen molar-refractivity contribution in [2.75, 3.05) is 6.61 Å². The summed E-state index contributed by atoms with van der Waals surface area (Å²) < 4.78 is 9.49. The molecule has 3 heteroatoms. The lowest BCUT2D eigenvalue weighted by molar-refractivity contribution is 0.0174. The van der Waals surface area contributed by atoms with Gasteiger partial charge in [0.25, 0.3) is 0 Å². The Morgan fingerprint density at radius 3 is 2.00 bits per heavy atom. The second-order valence-corrected chi connectivity index (χ2v) is 2.75. The van der Waals surface area contributed by atoms with Gasteiger partial charge in [0.2, 0.25) is 0 Å². The molecule has 1 atom stereocenters. The van der Waals surface area contributed by atoms with Crippen molar-refractivity contribution >= 4 is 6.16 Å². The van der Waals surface area contributed by atoms with Gasteiger partial charge in [-0.2, -0.15) is 0 Å². The van der Waals surface area contributed by atoms with Crippen LogP contribution in [0.1, 0.15) is 41.5 Å². The maximum absolute atomic E-state index is 10.7. The van der Waals surface area contributed by atoms with Gasteiger partial charge in [0.05, 0.1) is 6.61 Å². The summed E-state index contributed by atoms with van der Waals surface area (Å²) in [5.41, 5.74) is 0. The van der Waals surface area contributed by atoms with Gasteiger partial charge in [0.1, 0.15) is 6.10 Å². The zero-order valence-corrected chi connectivity index (χ0v) is 9.59. The highest BCUT2D eigenvalue weighted by molar-refractivity contribution is 5.59. The lowest BCUT2D eigenvalue weighted by atomic mass is 10.1. The summed E-state index contributed by atoms with van der Waals surface area (Å²) in [5.74, 6) is 0.333. The molecular weight excluding hydrogens is 168 g/mol. The Balaban J connectivity index is 0. The van der Waals surface area contributed by atoms with Crippen LogP contribution in [0.25, 0.3) is 0 Å². The molecule has 0 saturated heterocycles.